The van der Waals surface area contributed by atoms with E-state index >= 15 is 0 Å². The monoisotopic (exact) mass is 225 g/mol. The van der Waals surface area contributed by atoms with Crippen LogP contribution in [-0.4, -0.2) is 16.6 Å². The predicted octanol–water partition coefficient (Wildman–Crippen LogP) is 2.25. The highest BCUT2D eigenvalue weighted by Gasteiger charge is 2.23. The van der Waals surface area contributed by atoms with Gasteiger partial charge in [0.15, 0.2) is 0 Å². The number of hydrogen-bond donors (Lipinski definition) is 1. The Hall–Kier alpha value is -1.29. The molecule has 0 aliphatic heterocycles. The van der Waals surface area contributed by atoms with Crippen molar-refractivity contribution < 1.29 is 4.74 Å². The lowest BCUT2D eigenvalue weighted by Crippen LogP contribution is -2.02. The van der Waals surface area contributed by atoms with Crippen molar-refractivity contribution in [1.82, 2.24) is 9.97 Å². The highest BCUT2D eigenvalue weighted by molar-refractivity contribution is 6.28. The van der Waals surface area contributed by atoms with Gasteiger partial charge in [0, 0.05) is 0 Å². The van der Waals surface area contributed by atoms with Crippen LogP contribution in [0, 0.1) is 0 Å². The van der Waals surface area contributed by atoms with Gasteiger partial charge in [0.25, 0.3) is 0 Å². The van der Waals surface area contributed by atoms with E-state index in [0.29, 0.717) is 18.0 Å². The molecule has 0 aromatic carbocycles. The highest BCUT2D eigenvalue weighted by Crippen LogP contribution is 2.37. The molecule has 2 rings (SSSR count). The minimum atomic E-state index is 0.192. The summed E-state index contributed by atoms with van der Waals surface area (Å²) >= 11 is 5.73. The standard InChI is InChI=1S/C10H12ClN3O/c1-2-15-9(6-3-4-6)8-7(12)5-13-10(11)14-8/h5H,2-4,12H2,1H3. The number of anilines is 1. The van der Waals surface area contributed by atoms with Crippen molar-refractivity contribution in [2.75, 3.05) is 12.3 Å². The minimum absolute atomic E-state index is 0.192. The lowest BCUT2D eigenvalue weighted by atomic mass is 10.2. The zero-order valence-electron chi connectivity index (χ0n) is 8.46. The number of rotatable bonds is 3. The van der Waals surface area contributed by atoms with Crippen molar-refractivity contribution >= 4 is 23.0 Å². The molecule has 0 spiro atoms. The molecule has 1 aliphatic carbocycles. The van der Waals surface area contributed by atoms with Crippen LogP contribution in [0.4, 0.5) is 5.69 Å². The molecule has 0 saturated heterocycles. The molecule has 0 bridgehead atoms. The van der Waals surface area contributed by atoms with E-state index in [1.165, 1.54) is 11.8 Å². The Morgan fingerprint density at radius 3 is 2.93 bits per heavy atom. The molecule has 1 aliphatic rings. The fraction of sp³-hybridized carbons (Fsp3) is 0.400. The number of ether oxygens (including phenoxy) is 1. The van der Waals surface area contributed by atoms with Gasteiger partial charge in [-0.2, -0.15) is 0 Å². The first-order valence-corrected chi connectivity index (χ1v) is 5.23. The van der Waals surface area contributed by atoms with Gasteiger partial charge < -0.3 is 10.5 Å². The lowest BCUT2D eigenvalue weighted by molar-refractivity contribution is 0.295. The maximum Gasteiger partial charge on any atom is 0.223 e. The number of hydrogen-bond acceptors (Lipinski definition) is 4. The van der Waals surface area contributed by atoms with Crippen LogP contribution in [0.5, 0.6) is 0 Å². The van der Waals surface area contributed by atoms with Crippen LogP contribution in [-0.2, 0) is 4.74 Å². The number of halogens is 1. The van der Waals surface area contributed by atoms with Gasteiger partial charge in [0.2, 0.25) is 5.28 Å². The molecule has 1 aromatic heterocycles. The van der Waals surface area contributed by atoms with Gasteiger partial charge in [-0.25, -0.2) is 9.97 Å². The Labute approximate surface area is 93.1 Å². The summed E-state index contributed by atoms with van der Waals surface area (Å²) in [5.74, 6) is 0.777. The van der Waals surface area contributed by atoms with E-state index in [9.17, 15) is 0 Å². The van der Waals surface area contributed by atoms with Crippen molar-refractivity contribution in [3.05, 3.63) is 22.7 Å². The van der Waals surface area contributed by atoms with Crippen molar-refractivity contribution in [3.63, 3.8) is 0 Å². The second-order valence-electron chi connectivity index (χ2n) is 3.31. The van der Waals surface area contributed by atoms with Crippen LogP contribution >= 0.6 is 11.6 Å². The van der Waals surface area contributed by atoms with Crippen LogP contribution < -0.4 is 5.73 Å². The van der Waals surface area contributed by atoms with E-state index in [1.54, 1.807) is 0 Å². The minimum Gasteiger partial charge on any atom is -0.492 e. The lowest BCUT2D eigenvalue weighted by Gasteiger charge is -2.09. The van der Waals surface area contributed by atoms with E-state index in [1.807, 2.05) is 6.92 Å². The summed E-state index contributed by atoms with van der Waals surface area (Å²) in [4.78, 5) is 7.91. The molecule has 5 heteroatoms. The predicted molar refractivity (Wildman–Crippen MR) is 59.2 cm³/mol. The van der Waals surface area contributed by atoms with Gasteiger partial charge in [-0.3, -0.25) is 0 Å². The third-order valence-corrected chi connectivity index (χ3v) is 2.29. The number of nitrogens with two attached hydrogens (primary N) is 1. The fourth-order valence-corrected chi connectivity index (χ4v) is 1.46. The molecule has 0 atom stereocenters. The molecule has 0 unspecified atom stereocenters. The molecule has 1 saturated carbocycles. The van der Waals surface area contributed by atoms with Gasteiger partial charge >= 0.3 is 0 Å². The molecule has 80 valence electrons. The maximum absolute atomic E-state index is 5.79. The average Bonchev–Trinajstić information content (AvgIpc) is 3.02. The molecule has 1 fully saturated rings. The van der Waals surface area contributed by atoms with Gasteiger partial charge in [0.05, 0.1) is 18.5 Å². The summed E-state index contributed by atoms with van der Waals surface area (Å²) in [6.07, 6.45) is 3.61. The zero-order chi connectivity index (χ0) is 10.8. The van der Waals surface area contributed by atoms with Crippen LogP contribution in [0.3, 0.4) is 0 Å². The average molecular weight is 226 g/mol. The summed E-state index contributed by atoms with van der Waals surface area (Å²) in [5, 5.41) is 0.192. The first kappa shape index (κ1) is 10.2. The fourth-order valence-electron chi connectivity index (χ4n) is 1.32. The van der Waals surface area contributed by atoms with E-state index in [0.717, 1.165) is 18.6 Å². The van der Waals surface area contributed by atoms with Gasteiger partial charge in [-0.15, -0.1) is 0 Å². The van der Waals surface area contributed by atoms with Crippen LogP contribution in [0.2, 0.25) is 5.28 Å². The summed E-state index contributed by atoms with van der Waals surface area (Å²) in [6.45, 7) is 2.53. The first-order valence-electron chi connectivity index (χ1n) is 4.85. The summed E-state index contributed by atoms with van der Waals surface area (Å²) < 4.78 is 5.54. The maximum atomic E-state index is 5.79. The molecular weight excluding hydrogens is 214 g/mol. The Morgan fingerprint density at radius 2 is 2.33 bits per heavy atom. The number of allylic oxidation sites excluding steroid dienone is 1. The molecule has 2 N–H and O–H groups in total. The summed E-state index contributed by atoms with van der Waals surface area (Å²) in [5.41, 5.74) is 8.15. The number of aromatic nitrogens is 2. The van der Waals surface area contributed by atoms with Crippen molar-refractivity contribution in [3.8, 4) is 0 Å². The normalized spacial score (nSPS) is 13.9. The Bertz CT molecular complexity index is 411. The molecule has 0 radical (unpaired) electrons. The largest absolute Gasteiger partial charge is 0.492 e. The van der Waals surface area contributed by atoms with Crippen LogP contribution in [0.25, 0.3) is 5.76 Å². The van der Waals surface area contributed by atoms with Gasteiger partial charge in [-0.1, -0.05) is 0 Å². The quantitative estimate of drug-likeness (QED) is 0.633. The highest BCUT2D eigenvalue weighted by atomic mass is 35.5. The zero-order valence-corrected chi connectivity index (χ0v) is 9.21. The van der Waals surface area contributed by atoms with Crippen LogP contribution in [0.15, 0.2) is 11.8 Å². The Balaban J connectivity index is 2.42. The second-order valence-corrected chi connectivity index (χ2v) is 3.65. The summed E-state index contributed by atoms with van der Waals surface area (Å²) in [7, 11) is 0. The van der Waals surface area contributed by atoms with Gasteiger partial charge in [-0.05, 0) is 36.9 Å². The molecule has 1 aromatic rings. The molecule has 4 nitrogen and oxygen atoms in total. The first-order chi connectivity index (χ1) is 7.22. The molecule has 0 amide bonds. The molecule has 15 heavy (non-hydrogen) atoms. The Kier molecular flexibility index (Phi) is 2.77. The van der Waals surface area contributed by atoms with E-state index in [-0.39, 0.29) is 5.28 Å². The molecule has 1 heterocycles. The third-order valence-electron chi connectivity index (χ3n) is 2.11. The SMILES string of the molecule is CCOC(=C1CC1)c1nc(Cl)ncc1N. The van der Waals surface area contributed by atoms with Crippen molar-refractivity contribution in [1.29, 1.82) is 0 Å². The molecular formula is C10H12ClN3O. The smallest absolute Gasteiger partial charge is 0.223 e. The second kappa shape index (κ2) is 4.06. The van der Waals surface area contributed by atoms with E-state index in [4.69, 9.17) is 22.1 Å². The number of nitrogens with zero attached hydrogens (tertiary/aromatic N) is 2. The van der Waals surface area contributed by atoms with E-state index in [2.05, 4.69) is 9.97 Å². The van der Waals surface area contributed by atoms with Crippen molar-refractivity contribution in [2.24, 2.45) is 0 Å². The van der Waals surface area contributed by atoms with E-state index < -0.39 is 0 Å². The summed E-state index contributed by atoms with van der Waals surface area (Å²) in [6, 6.07) is 0. The van der Waals surface area contributed by atoms with Gasteiger partial charge in [0.1, 0.15) is 11.5 Å². The van der Waals surface area contributed by atoms with Crippen LogP contribution in [0.1, 0.15) is 25.5 Å². The van der Waals surface area contributed by atoms with Crippen molar-refractivity contribution in [2.45, 2.75) is 19.8 Å². The Morgan fingerprint density at radius 1 is 1.60 bits per heavy atom. The third kappa shape index (κ3) is 2.21. The topological polar surface area (TPSA) is 61.0 Å². The number of nitrogen functional groups attached to an aromatic ring is 1.